The van der Waals surface area contributed by atoms with Crippen LogP contribution in [0.1, 0.15) is 31.9 Å². The maximum atomic E-state index is 9.57. The molecule has 0 saturated carbocycles. The van der Waals surface area contributed by atoms with Gasteiger partial charge in [0.25, 0.3) is 0 Å². The van der Waals surface area contributed by atoms with Crippen molar-refractivity contribution in [1.82, 2.24) is 0 Å². The third kappa shape index (κ3) is 3.13. The van der Waals surface area contributed by atoms with Gasteiger partial charge in [0.05, 0.1) is 6.10 Å². The predicted molar refractivity (Wildman–Crippen MR) is 62.4 cm³/mol. The van der Waals surface area contributed by atoms with Crippen molar-refractivity contribution in [3.05, 3.63) is 28.8 Å². The summed E-state index contributed by atoms with van der Waals surface area (Å²) in [4.78, 5) is 0. The lowest BCUT2D eigenvalue weighted by atomic mass is 10.1. The number of aliphatic hydroxyl groups excluding tert-OH is 1. The molecule has 16 heavy (non-hydrogen) atoms. The van der Waals surface area contributed by atoms with Gasteiger partial charge in [0.15, 0.2) is 6.10 Å². The minimum Gasteiger partial charge on any atom is -0.475 e. The number of nitrogens with zero attached hydrogens (tertiary/aromatic N) is 1. The molecule has 0 aliphatic heterocycles. The molecule has 0 bridgehead atoms. The van der Waals surface area contributed by atoms with Gasteiger partial charge in [0, 0.05) is 10.6 Å². The van der Waals surface area contributed by atoms with E-state index in [1.54, 1.807) is 25.1 Å². The van der Waals surface area contributed by atoms with Gasteiger partial charge in [-0.1, -0.05) is 18.5 Å². The van der Waals surface area contributed by atoms with Crippen LogP contribution in [0.25, 0.3) is 0 Å². The highest BCUT2D eigenvalue weighted by Gasteiger charge is 2.13. The number of nitriles is 1. The highest BCUT2D eigenvalue weighted by molar-refractivity contribution is 6.30. The zero-order valence-electron chi connectivity index (χ0n) is 9.27. The van der Waals surface area contributed by atoms with Crippen molar-refractivity contribution in [2.45, 2.75) is 32.5 Å². The van der Waals surface area contributed by atoms with Crippen molar-refractivity contribution in [2.24, 2.45) is 0 Å². The van der Waals surface area contributed by atoms with E-state index < -0.39 is 12.2 Å². The first-order valence-electron chi connectivity index (χ1n) is 5.12. The van der Waals surface area contributed by atoms with E-state index in [0.717, 1.165) is 0 Å². The van der Waals surface area contributed by atoms with Crippen LogP contribution in [-0.2, 0) is 0 Å². The second-order valence-corrected chi connectivity index (χ2v) is 3.94. The first-order chi connectivity index (χ1) is 7.58. The molecule has 4 heteroatoms. The molecule has 0 saturated heterocycles. The Morgan fingerprint density at radius 3 is 2.75 bits per heavy atom. The minimum absolute atomic E-state index is 0.501. The summed E-state index contributed by atoms with van der Waals surface area (Å²) in [5, 5.41) is 18.9. The predicted octanol–water partition coefficient (Wildman–Crippen LogP) is 3.07. The second-order valence-electron chi connectivity index (χ2n) is 3.50. The summed E-state index contributed by atoms with van der Waals surface area (Å²) in [6, 6.07) is 7.03. The average Bonchev–Trinajstić information content (AvgIpc) is 2.27. The van der Waals surface area contributed by atoms with Crippen LogP contribution in [0.2, 0.25) is 5.02 Å². The molecule has 2 atom stereocenters. The Kier molecular flexibility index (Phi) is 4.60. The molecule has 1 N–H and O–H groups in total. The van der Waals surface area contributed by atoms with E-state index in [4.69, 9.17) is 21.6 Å². The summed E-state index contributed by atoms with van der Waals surface area (Å²) >= 11 is 5.83. The largest absolute Gasteiger partial charge is 0.475 e. The lowest BCUT2D eigenvalue weighted by molar-refractivity contribution is 0.184. The summed E-state index contributed by atoms with van der Waals surface area (Å²) in [7, 11) is 0. The number of benzene rings is 1. The summed E-state index contributed by atoms with van der Waals surface area (Å²) in [5.41, 5.74) is 0.598. The summed E-state index contributed by atoms with van der Waals surface area (Å²) in [6.07, 6.45) is -0.582. The fraction of sp³-hybridized carbons (Fsp3) is 0.417. The Balaban J connectivity index is 3.00. The molecule has 0 fully saturated rings. The van der Waals surface area contributed by atoms with Gasteiger partial charge in [0.2, 0.25) is 0 Å². The van der Waals surface area contributed by atoms with E-state index in [2.05, 4.69) is 0 Å². The maximum Gasteiger partial charge on any atom is 0.184 e. The van der Waals surface area contributed by atoms with Crippen molar-refractivity contribution in [1.29, 1.82) is 5.26 Å². The highest BCUT2D eigenvalue weighted by atomic mass is 35.5. The number of hydrogen-bond acceptors (Lipinski definition) is 3. The Labute approximate surface area is 100 Å². The smallest absolute Gasteiger partial charge is 0.184 e. The van der Waals surface area contributed by atoms with E-state index in [0.29, 0.717) is 22.8 Å². The van der Waals surface area contributed by atoms with Gasteiger partial charge in [-0.15, -0.1) is 0 Å². The first kappa shape index (κ1) is 12.8. The van der Waals surface area contributed by atoms with Crippen molar-refractivity contribution in [3.8, 4) is 11.8 Å². The SMILES string of the molecule is CCC(C#N)Oc1ccc(Cl)cc1[C@H](C)O. The normalized spacial score (nSPS) is 13.9. The van der Waals surface area contributed by atoms with Crippen molar-refractivity contribution in [3.63, 3.8) is 0 Å². The summed E-state index contributed by atoms with van der Waals surface area (Å²) in [6.45, 7) is 3.50. The highest BCUT2D eigenvalue weighted by Crippen LogP contribution is 2.29. The van der Waals surface area contributed by atoms with Gasteiger partial charge in [0.1, 0.15) is 11.8 Å². The third-order valence-corrected chi connectivity index (χ3v) is 2.44. The van der Waals surface area contributed by atoms with Crippen LogP contribution >= 0.6 is 11.6 Å². The summed E-state index contributed by atoms with van der Waals surface area (Å²) in [5.74, 6) is 0.507. The monoisotopic (exact) mass is 239 g/mol. The van der Waals surface area contributed by atoms with Crippen molar-refractivity contribution < 1.29 is 9.84 Å². The second kappa shape index (κ2) is 5.74. The molecule has 1 rings (SSSR count). The molecule has 0 aliphatic rings. The summed E-state index contributed by atoms with van der Waals surface area (Å²) < 4.78 is 5.48. The van der Waals surface area contributed by atoms with Crippen LogP contribution in [0.3, 0.4) is 0 Å². The molecule has 86 valence electrons. The molecule has 1 aromatic carbocycles. The molecule has 0 spiro atoms. The molecule has 0 radical (unpaired) electrons. The third-order valence-electron chi connectivity index (χ3n) is 2.21. The van der Waals surface area contributed by atoms with Gasteiger partial charge in [-0.3, -0.25) is 0 Å². The Morgan fingerprint density at radius 1 is 1.56 bits per heavy atom. The molecule has 1 aromatic rings. The zero-order chi connectivity index (χ0) is 12.1. The molecule has 1 unspecified atom stereocenters. The van der Waals surface area contributed by atoms with E-state index in [9.17, 15) is 5.11 Å². The number of rotatable bonds is 4. The Hall–Kier alpha value is -1.24. The van der Waals surface area contributed by atoms with Crippen molar-refractivity contribution >= 4 is 11.6 Å². The van der Waals surface area contributed by atoms with Crippen LogP contribution in [0, 0.1) is 11.3 Å². The fourth-order valence-electron chi connectivity index (χ4n) is 1.31. The van der Waals surface area contributed by atoms with Crippen molar-refractivity contribution in [2.75, 3.05) is 0 Å². The molecule has 0 aliphatic carbocycles. The van der Waals surface area contributed by atoms with E-state index >= 15 is 0 Å². The van der Waals surface area contributed by atoms with Crippen LogP contribution in [0.5, 0.6) is 5.75 Å². The van der Waals surface area contributed by atoms with Crippen LogP contribution in [-0.4, -0.2) is 11.2 Å². The zero-order valence-corrected chi connectivity index (χ0v) is 10.0. The lowest BCUT2D eigenvalue weighted by Crippen LogP contribution is -2.13. The fourth-order valence-corrected chi connectivity index (χ4v) is 1.49. The first-order valence-corrected chi connectivity index (χ1v) is 5.50. The molecule has 3 nitrogen and oxygen atoms in total. The molecular formula is C12H14ClNO2. The Morgan fingerprint density at radius 2 is 2.25 bits per heavy atom. The maximum absolute atomic E-state index is 9.57. The molecule has 0 heterocycles. The topological polar surface area (TPSA) is 53.2 Å². The van der Waals surface area contributed by atoms with Gasteiger partial charge in [-0.25, -0.2) is 0 Å². The van der Waals surface area contributed by atoms with E-state index in [-0.39, 0.29) is 0 Å². The minimum atomic E-state index is -0.676. The quantitative estimate of drug-likeness (QED) is 0.879. The van der Waals surface area contributed by atoms with Crippen LogP contribution in [0.4, 0.5) is 0 Å². The Bertz CT molecular complexity index is 398. The lowest BCUT2D eigenvalue weighted by Gasteiger charge is -2.16. The number of hydrogen-bond donors (Lipinski definition) is 1. The standard InChI is InChI=1S/C12H14ClNO2/c1-3-10(7-14)16-12-5-4-9(13)6-11(12)8(2)15/h4-6,8,10,15H,3H2,1-2H3/t8-,10?/m0/s1. The van der Waals surface area contributed by atoms with Gasteiger partial charge in [-0.2, -0.15) is 5.26 Å². The molecule has 0 amide bonds. The molecule has 0 aromatic heterocycles. The van der Waals surface area contributed by atoms with E-state index in [1.165, 1.54) is 0 Å². The number of halogens is 1. The number of ether oxygens (including phenoxy) is 1. The van der Waals surface area contributed by atoms with Crippen LogP contribution < -0.4 is 4.74 Å². The van der Waals surface area contributed by atoms with Gasteiger partial charge >= 0.3 is 0 Å². The average molecular weight is 240 g/mol. The molecular weight excluding hydrogens is 226 g/mol. The number of aliphatic hydroxyl groups is 1. The van der Waals surface area contributed by atoms with E-state index in [1.807, 2.05) is 13.0 Å². The van der Waals surface area contributed by atoms with Crippen LogP contribution in [0.15, 0.2) is 18.2 Å². The van der Waals surface area contributed by atoms with Gasteiger partial charge in [-0.05, 0) is 31.5 Å². The van der Waals surface area contributed by atoms with Gasteiger partial charge < -0.3 is 9.84 Å².